The van der Waals surface area contributed by atoms with Crippen LogP contribution in [0.25, 0.3) is 20.1 Å². The Kier molecular flexibility index (Phi) is 4.11. The molecule has 0 bridgehead atoms. The molecule has 3 heterocycles. The number of aromatic nitrogens is 1. The Balaban J connectivity index is 1.52. The summed E-state index contributed by atoms with van der Waals surface area (Å²) >= 11 is 3.18. The fraction of sp³-hybridized carbons (Fsp3) is 0.294. The van der Waals surface area contributed by atoms with E-state index in [9.17, 15) is 4.79 Å². The van der Waals surface area contributed by atoms with Crippen molar-refractivity contribution in [1.82, 2.24) is 15.6 Å². The van der Waals surface area contributed by atoms with Crippen molar-refractivity contribution in [1.29, 1.82) is 0 Å². The summed E-state index contributed by atoms with van der Waals surface area (Å²) in [4.78, 5) is 18.9. The number of piperidine rings is 1. The van der Waals surface area contributed by atoms with Crippen molar-refractivity contribution in [3.05, 3.63) is 41.3 Å². The highest BCUT2D eigenvalue weighted by atomic mass is 32.1. The number of thiazole rings is 1. The first kappa shape index (κ1) is 14.8. The van der Waals surface area contributed by atoms with E-state index in [1.165, 1.54) is 16.0 Å². The average Bonchev–Trinajstić information content (AvgIpc) is 3.22. The molecule has 1 aromatic carbocycles. The van der Waals surface area contributed by atoms with Crippen LogP contribution in [0.15, 0.2) is 36.4 Å². The van der Waals surface area contributed by atoms with Gasteiger partial charge in [0.25, 0.3) is 5.91 Å². The minimum Gasteiger partial charge on any atom is -0.347 e. The van der Waals surface area contributed by atoms with Gasteiger partial charge in [-0.05, 0) is 43.7 Å². The van der Waals surface area contributed by atoms with Crippen LogP contribution < -0.4 is 10.6 Å². The molecule has 1 fully saturated rings. The van der Waals surface area contributed by atoms with Gasteiger partial charge >= 0.3 is 0 Å². The van der Waals surface area contributed by atoms with E-state index in [2.05, 4.69) is 21.7 Å². The Hall–Kier alpha value is -1.76. The quantitative estimate of drug-likeness (QED) is 0.765. The van der Waals surface area contributed by atoms with Crippen LogP contribution in [0.1, 0.15) is 22.5 Å². The minimum atomic E-state index is 0.0241. The summed E-state index contributed by atoms with van der Waals surface area (Å²) < 4.78 is 1.18. The van der Waals surface area contributed by atoms with E-state index >= 15 is 0 Å². The topological polar surface area (TPSA) is 54.0 Å². The summed E-state index contributed by atoms with van der Waals surface area (Å²) in [6.45, 7) is 1.91. The molecule has 0 spiro atoms. The van der Waals surface area contributed by atoms with E-state index in [4.69, 9.17) is 0 Å². The lowest BCUT2D eigenvalue weighted by atomic mass is 10.1. The molecule has 1 saturated heterocycles. The van der Waals surface area contributed by atoms with Crippen LogP contribution in [0.2, 0.25) is 0 Å². The van der Waals surface area contributed by atoms with Crippen molar-refractivity contribution < 1.29 is 4.79 Å². The maximum absolute atomic E-state index is 12.4. The molecular weight excluding hydrogens is 326 g/mol. The number of rotatable bonds is 3. The Morgan fingerprint density at radius 2 is 2.13 bits per heavy atom. The monoisotopic (exact) mass is 343 g/mol. The summed E-state index contributed by atoms with van der Waals surface area (Å²) in [7, 11) is 0. The van der Waals surface area contributed by atoms with Gasteiger partial charge in [-0.3, -0.25) is 4.79 Å². The molecule has 1 aliphatic heterocycles. The van der Waals surface area contributed by atoms with Crippen LogP contribution in [-0.4, -0.2) is 30.0 Å². The number of carbonyl (C=O) groups is 1. The van der Waals surface area contributed by atoms with Crippen LogP contribution in [-0.2, 0) is 0 Å². The number of fused-ring (bicyclic) bond motifs is 1. The smallest absolute Gasteiger partial charge is 0.261 e. The van der Waals surface area contributed by atoms with E-state index in [1.807, 2.05) is 30.3 Å². The number of hydrogen-bond donors (Lipinski definition) is 2. The zero-order valence-corrected chi connectivity index (χ0v) is 14.2. The number of para-hydroxylation sites is 1. The average molecular weight is 343 g/mol. The van der Waals surface area contributed by atoms with Crippen molar-refractivity contribution in [2.45, 2.75) is 18.9 Å². The second-order valence-corrected chi connectivity index (χ2v) is 7.78. The molecule has 118 valence electrons. The predicted molar refractivity (Wildman–Crippen MR) is 96.3 cm³/mol. The highest BCUT2D eigenvalue weighted by Gasteiger charge is 2.18. The van der Waals surface area contributed by atoms with Gasteiger partial charge in [0.15, 0.2) is 0 Å². The van der Waals surface area contributed by atoms with E-state index in [0.717, 1.165) is 46.2 Å². The van der Waals surface area contributed by atoms with E-state index < -0.39 is 0 Å². The maximum Gasteiger partial charge on any atom is 0.261 e. The van der Waals surface area contributed by atoms with E-state index in [-0.39, 0.29) is 11.9 Å². The number of amides is 1. The van der Waals surface area contributed by atoms with Gasteiger partial charge in [0, 0.05) is 12.6 Å². The SMILES string of the molecule is O=C(NC1CCCNC1)c1ccc(-c2nc3ccccc3s2)s1. The van der Waals surface area contributed by atoms with Gasteiger partial charge in [0.2, 0.25) is 0 Å². The largest absolute Gasteiger partial charge is 0.347 e. The molecule has 2 N–H and O–H groups in total. The number of nitrogens with zero attached hydrogens (tertiary/aromatic N) is 1. The first-order chi connectivity index (χ1) is 11.3. The molecule has 1 aliphatic rings. The van der Waals surface area contributed by atoms with Crippen LogP contribution in [0, 0.1) is 0 Å². The maximum atomic E-state index is 12.4. The molecule has 3 aromatic rings. The number of nitrogens with one attached hydrogen (secondary N) is 2. The van der Waals surface area contributed by atoms with Crippen molar-refractivity contribution >= 4 is 38.8 Å². The van der Waals surface area contributed by atoms with Gasteiger partial charge < -0.3 is 10.6 Å². The first-order valence-corrected chi connectivity index (χ1v) is 9.40. The summed E-state index contributed by atoms with van der Waals surface area (Å²) in [5.41, 5.74) is 1.01. The third-order valence-electron chi connectivity index (χ3n) is 3.97. The van der Waals surface area contributed by atoms with Crippen molar-refractivity contribution in [3.63, 3.8) is 0 Å². The molecule has 0 radical (unpaired) electrons. The van der Waals surface area contributed by atoms with Gasteiger partial charge in [-0.15, -0.1) is 22.7 Å². The van der Waals surface area contributed by atoms with Crippen molar-refractivity contribution in [2.24, 2.45) is 0 Å². The highest BCUT2D eigenvalue weighted by Crippen LogP contribution is 2.34. The normalized spacial score (nSPS) is 18.2. The van der Waals surface area contributed by atoms with Crippen LogP contribution in [0.3, 0.4) is 0 Å². The van der Waals surface area contributed by atoms with Gasteiger partial charge in [-0.2, -0.15) is 0 Å². The van der Waals surface area contributed by atoms with Crippen molar-refractivity contribution in [3.8, 4) is 9.88 Å². The number of benzene rings is 1. The third kappa shape index (κ3) is 3.15. The molecule has 0 aliphatic carbocycles. The Labute approximate surface area is 142 Å². The van der Waals surface area contributed by atoms with Gasteiger partial charge in [0.1, 0.15) is 5.01 Å². The van der Waals surface area contributed by atoms with Crippen molar-refractivity contribution in [2.75, 3.05) is 13.1 Å². The molecule has 6 heteroatoms. The molecular formula is C17H17N3OS2. The highest BCUT2D eigenvalue weighted by molar-refractivity contribution is 7.26. The lowest BCUT2D eigenvalue weighted by Crippen LogP contribution is -2.45. The number of hydrogen-bond acceptors (Lipinski definition) is 5. The second-order valence-electron chi connectivity index (χ2n) is 5.67. The lowest BCUT2D eigenvalue weighted by Gasteiger charge is -2.23. The Bertz CT molecular complexity index is 800. The Morgan fingerprint density at radius 3 is 2.96 bits per heavy atom. The zero-order chi connectivity index (χ0) is 15.6. The molecule has 4 nitrogen and oxygen atoms in total. The molecule has 2 aromatic heterocycles. The third-order valence-corrected chi connectivity index (χ3v) is 6.26. The van der Waals surface area contributed by atoms with Gasteiger partial charge in [-0.25, -0.2) is 4.98 Å². The summed E-state index contributed by atoms with van der Waals surface area (Å²) in [5.74, 6) is 0.0241. The molecule has 0 saturated carbocycles. The lowest BCUT2D eigenvalue weighted by molar-refractivity contribution is 0.0935. The van der Waals surface area contributed by atoms with Crippen LogP contribution in [0.4, 0.5) is 0 Å². The predicted octanol–water partition coefficient (Wildman–Crippen LogP) is 3.51. The molecule has 4 rings (SSSR count). The summed E-state index contributed by atoms with van der Waals surface area (Å²) in [5, 5.41) is 7.42. The van der Waals surface area contributed by atoms with Gasteiger partial charge in [-0.1, -0.05) is 12.1 Å². The van der Waals surface area contributed by atoms with E-state index in [1.54, 1.807) is 11.3 Å². The minimum absolute atomic E-state index is 0.0241. The first-order valence-electron chi connectivity index (χ1n) is 7.77. The summed E-state index contributed by atoms with van der Waals surface area (Å²) in [6.07, 6.45) is 2.17. The van der Waals surface area contributed by atoms with Crippen LogP contribution >= 0.6 is 22.7 Å². The van der Waals surface area contributed by atoms with Gasteiger partial charge in [0.05, 0.1) is 20.0 Å². The fourth-order valence-electron chi connectivity index (χ4n) is 2.78. The molecule has 1 unspecified atom stereocenters. The number of carbonyl (C=O) groups excluding carboxylic acids is 1. The molecule has 23 heavy (non-hydrogen) atoms. The van der Waals surface area contributed by atoms with Crippen LogP contribution in [0.5, 0.6) is 0 Å². The standard InChI is InChI=1S/C17H17N3OS2/c21-16(19-11-4-3-9-18-10-11)14-7-8-15(22-14)17-20-12-5-1-2-6-13(12)23-17/h1-2,5-8,11,18H,3-4,9-10H2,(H,19,21). The zero-order valence-electron chi connectivity index (χ0n) is 12.5. The summed E-state index contributed by atoms with van der Waals surface area (Å²) in [6, 6.07) is 12.3. The van der Waals surface area contributed by atoms with E-state index in [0.29, 0.717) is 0 Å². The second kappa shape index (κ2) is 6.39. The molecule has 1 amide bonds. The molecule has 1 atom stereocenters. The Morgan fingerprint density at radius 1 is 1.22 bits per heavy atom. The fourth-order valence-corrected chi connectivity index (χ4v) is 4.71. The number of thiophene rings is 1.